The van der Waals surface area contributed by atoms with Crippen LogP contribution in [0.25, 0.3) is 0 Å². The Morgan fingerprint density at radius 3 is 2.52 bits per heavy atom. The Labute approximate surface area is 131 Å². The highest BCUT2D eigenvalue weighted by atomic mass is 79.9. The highest BCUT2D eigenvalue weighted by Crippen LogP contribution is 2.21. The van der Waals surface area contributed by atoms with Crippen LogP contribution in [-0.4, -0.2) is 15.0 Å². The molecule has 0 aliphatic rings. The van der Waals surface area contributed by atoms with Gasteiger partial charge in [-0.3, -0.25) is 4.72 Å². The van der Waals surface area contributed by atoms with Gasteiger partial charge in [0.25, 0.3) is 10.0 Å². The van der Waals surface area contributed by atoms with Gasteiger partial charge >= 0.3 is 0 Å². The summed E-state index contributed by atoms with van der Waals surface area (Å²) in [6, 6.07) is 14.6. The second-order valence-corrected chi connectivity index (χ2v) is 6.63. The number of halogens is 1. The van der Waals surface area contributed by atoms with Crippen LogP contribution in [0.3, 0.4) is 0 Å². The molecule has 2 rings (SSSR count). The third kappa shape index (κ3) is 4.21. The SMILES string of the molecule is N#CCOc1ccc(NS(=O)(=O)c2cccc(Br)c2)cc1. The van der Waals surface area contributed by atoms with E-state index in [1.807, 2.05) is 6.07 Å². The summed E-state index contributed by atoms with van der Waals surface area (Å²) in [5.41, 5.74) is 0.416. The molecular formula is C14H11BrN2O3S. The van der Waals surface area contributed by atoms with E-state index < -0.39 is 10.0 Å². The average Bonchev–Trinajstić information content (AvgIpc) is 2.46. The van der Waals surface area contributed by atoms with E-state index >= 15 is 0 Å². The fourth-order valence-corrected chi connectivity index (χ4v) is 3.24. The van der Waals surface area contributed by atoms with Crippen molar-refractivity contribution in [2.24, 2.45) is 0 Å². The van der Waals surface area contributed by atoms with E-state index in [0.717, 1.165) is 0 Å². The van der Waals surface area contributed by atoms with E-state index in [1.54, 1.807) is 36.4 Å². The molecule has 2 aromatic rings. The molecule has 0 fully saturated rings. The first kappa shape index (κ1) is 15.4. The topological polar surface area (TPSA) is 79.2 Å². The van der Waals surface area contributed by atoms with E-state index in [1.165, 1.54) is 12.1 Å². The molecule has 21 heavy (non-hydrogen) atoms. The van der Waals surface area contributed by atoms with Crippen molar-refractivity contribution in [1.29, 1.82) is 5.26 Å². The number of nitrogens with zero attached hydrogens (tertiary/aromatic N) is 1. The molecule has 0 unspecified atom stereocenters. The Hall–Kier alpha value is -2.04. The lowest BCUT2D eigenvalue weighted by Crippen LogP contribution is -2.12. The van der Waals surface area contributed by atoms with Gasteiger partial charge in [0.2, 0.25) is 0 Å². The molecule has 5 nitrogen and oxygen atoms in total. The highest BCUT2D eigenvalue weighted by Gasteiger charge is 2.14. The number of benzene rings is 2. The zero-order chi connectivity index (χ0) is 15.3. The van der Waals surface area contributed by atoms with Gasteiger partial charge < -0.3 is 4.74 Å². The standard InChI is InChI=1S/C14H11BrN2O3S/c15-11-2-1-3-14(10-11)21(18,19)17-12-4-6-13(7-5-12)20-9-8-16/h1-7,10,17H,9H2. The number of sulfonamides is 1. The van der Waals surface area contributed by atoms with E-state index in [0.29, 0.717) is 15.9 Å². The van der Waals surface area contributed by atoms with Gasteiger partial charge in [0.15, 0.2) is 6.61 Å². The maximum atomic E-state index is 12.2. The summed E-state index contributed by atoms with van der Waals surface area (Å²) in [4.78, 5) is 0.168. The molecule has 0 aliphatic carbocycles. The summed E-state index contributed by atoms with van der Waals surface area (Å²) in [6.07, 6.45) is 0. The van der Waals surface area contributed by atoms with Gasteiger partial charge in [0, 0.05) is 10.2 Å². The minimum atomic E-state index is -3.64. The quantitative estimate of drug-likeness (QED) is 0.881. The van der Waals surface area contributed by atoms with Gasteiger partial charge in [-0.2, -0.15) is 5.26 Å². The summed E-state index contributed by atoms with van der Waals surface area (Å²) >= 11 is 3.24. The van der Waals surface area contributed by atoms with Crippen LogP contribution in [0.1, 0.15) is 0 Å². The summed E-state index contributed by atoms with van der Waals surface area (Å²) in [7, 11) is -3.64. The van der Waals surface area contributed by atoms with Crippen LogP contribution in [0.4, 0.5) is 5.69 Å². The lowest BCUT2D eigenvalue weighted by molar-refractivity contribution is 0.368. The first-order valence-corrected chi connectivity index (χ1v) is 8.17. The van der Waals surface area contributed by atoms with E-state index in [2.05, 4.69) is 20.7 Å². The molecule has 0 spiro atoms. The molecule has 0 saturated carbocycles. The first-order chi connectivity index (χ1) is 10.0. The van der Waals surface area contributed by atoms with Crippen molar-refractivity contribution < 1.29 is 13.2 Å². The zero-order valence-corrected chi connectivity index (χ0v) is 13.2. The number of anilines is 1. The largest absolute Gasteiger partial charge is 0.479 e. The number of ether oxygens (including phenoxy) is 1. The van der Waals surface area contributed by atoms with E-state index in [4.69, 9.17) is 10.00 Å². The molecule has 0 heterocycles. The summed E-state index contributed by atoms with van der Waals surface area (Å²) in [5.74, 6) is 0.502. The van der Waals surface area contributed by atoms with Gasteiger partial charge in [-0.05, 0) is 42.5 Å². The van der Waals surface area contributed by atoms with Crippen LogP contribution in [0.5, 0.6) is 5.75 Å². The lowest BCUT2D eigenvalue weighted by Gasteiger charge is -2.09. The average molecular weight is 367 g/mol. The van der Waals surface area contributed by atoms with Crippen molar-refractivity contribution in [2.75, 3.05) is 11.3 Å². The van der Waals surface area contributed by atoms with Crippen LogP contribution in [0.15, 0.2) is 57.9 Å². The molecule has 0 saturated heterocycles. The van der Waals surface area contributed by atoms with E-state index in [9.17, 15) is 8.42 Å². The molecule has 1 N–H and O–H groups in total. The minimum absolute atomic E-state index is 0.0525. The number of nitrogens with one attached hydrogen (secondary N) is 1. The molecule has 0 amide bonds. The smallest absolute Gasteiger partial charge is 0.261 e. The maximum absolute atomic E-state index is 12.2. The number of rotatable bonds is 5. The van der Waals surface area contributed by atoms with Crippen molar-refractivity contribution in [1.82, 2.24) is 0 Å². The fourth-order valence-electron chi connectivity index (χ4n) is 1.58. The van der Waals surface area contributed by atoms with Crippen LogP contribution in [0.2, 0.25) is 0 Å². The maximum Gasteiger partial charge on any atom is 0.261 e. The van der Waals surface area contributed by atoms with Crippen molar-refractivity contribution in [2.45, 2.75) is 4.90 Å². The summed E-state index contributed by atoms with van der Waals surface area (Å²) < 4.78 is 32.7. The normalized spacial score (nSPS) is 10.7. The predicted octanol–water partition coefficient (Wildman–Crippen LogP) is 3.15. The number of hydrogen-bond donors (Lipinski definition) is 1. The Kier molecular flexibility index (Phi) is 4.83. The fraction of sp³-hybridized carbons (Fsp3) is 0.0714. The van der Waals surface area contributed by atoms with Crippen molar-refractivity contribution in [3.63, 3.8) is 0 Å². The predicted molar refractivity (Wildman–Crippen MR) is 82.5 cm³/mol. The first-order valence-electron chi connectivity index (χ1n) is 5.89. The molecule has 0 atom stereocenters. The third-order valence-electron chi connectivity index (χ3n) is 2.52. The van der Waals surface area contributed by atoms with Crippen LogP contribution in [-0.2, 0) is 10.0 Å². The van der Waals surface area contributed by atoms with Gasteiger partial charge in [0.1, 0.15) is 11.8 Å². The minimum Gasteiger partial charge on any atom is -0.479 e. The third-order valence-corrected chi connectivity index (χ3v) is 4.39. The highest BCUT2D eigenvalue weighted by molar-refractivity contribution is 9.10. The summed E-state index contributed by atoms with van der Waals surface area (Å²) in [5, 5.41) is 8.41. The van der Waals surface area contributed by atoms with Gasteiger partial charge in [0.05, 0.1) is 4.90 Å². The van der Waals surface area contributed by atoms with E-state index in [-0.39, 0.29) is 11.5 Å². The zero-order valence-electron chi connectivity index (χ0n) is 10.8. The van der Waals surface area contributed by atoms with Gasteiger partial charge in [-0.15, -0.1) is 0 Å². The molecule has 0 bridgehead atoms. The second kappa shape index (κ2) is 6.61. The Balaban J connectivity index is 2.15. The molecule has 0 radical (unpaired) electrons. The van der Waals surface area contributed by atoms with Gasteiger partial charge in [-0.25, -0.2) is 8.42 Å². The summed E-state index contributed by atoms with van der Waals surface area (Å²) in [6.45, 7) is -0.0525. The molecule has 2 aromatic carbocycles. The monoisotopic (exact) mass is 366 g/mol. The Morgan fingerprint density at radius 1 is 1.19 bits per heavy atom. The Bertz CT molecular complexity index is 768. The van der Waals surface area contributed by atoms with Crippen molar-refractivity contribution in [3.8, 4) is 11.8 Å². The Morgan fingerprint density at radius 2 is 1.90 bits per heavy atom. The number of nitriles is 1. The molecule has 0 aliphatic heterocycles. The van der Waals surface area contributed by atoms with Crippen LogP contribution in [0, 0.1) is 11.3 Å². The molecule has 7 heteroatoms. The molecular weight excluding hydrogens is 356 g/mol. The van der Waals surface area contributed by atoms with Crippen molar-refractivity contribution in [3.05, 3.63) is 53.0 Å². The van der Waals surface area contributed by atoms with Crippen LogP contribution >= 0.6 is 15.9 Å². The van der Waals surface area contributed by atoms with Crippen LogP contribution < -0.4 is 9.46 Å². The lowest BCUT2D eigenvalue weighted by atomic mass is 10.3. The van der Waals surface area contributed by atoms with Crippen molar-refractivity contribution >= 4 is 31.6 Å². The number of hydrogen-bond acceptors (Lipinski definition) is 4. The second-order valence-electron chi connectivity index (χ2n) is 4.03. The van der Waals surface area contributed by atoms with Gasteiger partial charge in [-0.1, -0.05) is 22.0 Å². The molecule has 108 valence electrons. The molecule has 0 aromatic heterocycles.